The van der Waals surface area contributed by atoms with Crippen LogP contribution in [-0.2, 0) is 4.74 Å². The van der Waals surface area contributed by atoms with Crippen molar-refractivity contribution in [1.82, 2.24) is 24.7 Å². The number of hydrogen-bond donors (Lipinski definition) is 0. The number of carbonyl (C=O) groups excluding carboxylic acids is 1. The van der Waals surface area contributed by atoms with Crippen molar-refractivity contribution in [1.29, 1.82) is 0 Å². The Balaban J connectivity index is 1.95. The van der Waals surface area contributed by atoms with Crippen LogP contribution in [0.25, 0.3) is 5.69 Å². The lowest BCUT2D eigenvalue weighted by atomic mass is 10.3. The highest BCUT2D eigenvalue weighted by Crippen LogP contribution is 2.24. The van der Waals surface area contributed by atoms with Gasteiger partial charge < -0.3 is 14.4 Å². The first-order valence-electron chi connectivity index (χ1n) is 7.13. The summed E-state index contributed by atoms with van der Waals surface area (Å²) in [5.41, 5.74) is -0.955. The number of hydrogen-bond acceptors (Lipinski definition) is 6. The molecule has 1 aliphatic heterocycles. The monoisotopic (exact) mass is 359 g/mol. The van der Waals surface area contributed by atoms with E-state index >= 15 is 0 Å². The third-order valence-electron chi connectivity index (χ3n) is 3.33. The highest BCUT2D eigenvalue weighted by Gasteiger charge is 2.31. The van der Waals surface area contributed by atoms with Crippen molar-refractivity contribution in [3.05, 3.63) is 34.7 Å². The van der Waals surface area contributed by atoms with Gasteiger partial charge in [0.2, 0.25) is 0 Å². The number of alkyl halides is 3. The van der Waals surface area contributed by atoms with Crippen molar-refractivity contribution in [2.75, 3.05) is 26.3 Å². The third kappa shape index (κ3) is 3.79. The Morgan fingerprint density at radius 2 is 1.96 bits per heavy atom. The number of morpholine rings is 1. The lowest BCUT2D eigenvalue weighted by molar-refractivity contribution is -0.274. The summed E-state index contributed by atoms with van der Waals surface area (Å²) < 4.78 is 46.8. The number of benzene rings is 1. The van der Waals surface area contributed by atoms with E-state index in [9.17, 15) is 22.8 Å². The molecule has 0 aliphatic carbocycles. The van der Waals surface area contributed by atoms with Crippen molar-refractivity contribution in [3.63, 3.8) is 0 Å². The van der Waals surface area contributed by atoms with Crippen molar-refractivity contribution >= 4 is 6.03 Å². The Labute approximate surface area is 138 Å². The van der Waals surface area contributed by atoms with Crippen LogP contribution in [0.3, 0.4) is 0 Å². The van der Waals surface area contributed by atoms with E-state index in [1.165, 1.54) is 17.0 Å². The molecule has 134 valence electrons. The zero-order valence-electron chi connectivity index (χ0n) is 12.6. The largest absolute Gasteiger partial charge is 0.573 e. The topological polar surface area (TPSA) is 91.5 Å². The van der Waals surface area contributed by atoms with Crippen LogP contribution in [0.5, 0.6) is 5.75 Å². The fourth-order valence-corrected chi connectivity index (χ4v) is 2.28. The molecule has 9 nitrogen and oxygen atoms in total. The Kier molecular flexibility index (Phi) is 4.44. The Morgan fingerprint density at radius 1 is 1.24 bits per heavy atom. The fourth-order valence-electron chi connectivity index (χ4n) is 2.28. The van der Waals surface area contributed by atoms with Gasteiger partial charge in [0.05, 0.1) is 18.9 Å². The van der Waals surface area contributed by atoms with Crippen molar-refractivity contribution in [3.8, 4) is 11.4 Å². The van der Waals surface area contributed by atoms with E-state index in [4.69, 9.17) is 4.74 Å². The number of carbonyl (C=O) groups is 1. The van der Waals surface area contributed by atoms with Gasteiger partial charge in [-0.2, -0.15) is 4.68 Å². The number of aromatic nitrogens is 4. The summed E-state index contributed by atoms with van der Waals surface area (Å²) in [7, 11) is 0. The predicted molar refractivity (Wildman–Crippen MR) is 75.5 cm³/mol. The van der Waals surface area contributed by atoms with Gasteiger partial charge in [-0.25, -0.2) is 9.59 Å². The minimum absolute atomic E-state index is 0.0432. The number of nitrogens with zero attached hydrogens (tertiary/aromatic N) is 5. The van der Waals surface area contributed by atoms with E-state index in [-0.39, 0.29) is 5.69 Å². The first-order chi connectivity index (χ1) is 11.8. The predicted octanol–water partition coefficient (Wildman–Crippen LogP) is 0.628. The zero-order valence-corrected chi connectivity index (χ0v) is 12.6. The van der Waals surface area contributed by atoms with Gasteiger partial charge in [-0.1, -0.05) is 16.0 Å². The quantitative estimate of drug-likeness (QED) is 0.781. The van der Waals surface area contributed by atoms with Crippen LogP contribution in [0.1, 0.15) is 0 Å². The van der Waals surface area contributed by atoms with Crippen molar-refractivity contribution in [2.24, 2.45) is 0 Å². The standard InChI is InChI=1S/C13H12F3N5O4/c14-13(15,16)25-10-3-1-2-9(8-10)20-11(22)17-18-21(20)12(23)19-4-6-24-7-5-19/h1-3,8H,4-7H2. The van der Waals surface area contributed by atoms with Gasteiger partial charge in [0, 0.05) is 19.2 Å². The SMILES string of the molecule is O=C(N1CCOCC1)n1nnc(=O)n1-c1cccc(OC(F)(F)F)c1. The molecule has 12 heteroatoms. The Hall–Kier alpha value is -2.89. The summed E-state index contributed by atoms with van der Waals surface area (Å²) in [4.78, 5) is 26.5. The van der Waals surface area contributed by atoms with Gasteiger partial charge in [0.1, 0.15) is 5.75 Å². The van der Waals surface area contributed by atoms with E-state index in [2.05, 4.69) is 15.0 Å². The van der Waals surface area contributed by atoms with Crippen LogP contribution >= 0.6 is 0 Å². The Morgan fingerprint density at radius 3 is 2.64 bits per heavy atom. The van der Waals surface area contributed by atoms with Crippen molar-refractivity contribution in [2.45, 2.75) is 6.36 Å². The Bertz CT molecular complexity index is 826. The maximum atomic E-state index is 12.5. The molecule has 1 aromatic heterocycles. The minimum Gasteiger partial charge on any atom is -0.406 e. The first kappa shape index (κ1) is 17.0. The average molecular weight is 359 g/mol. The summed E-state index contributed by atoms with van der Waals surface area (Å²) in [6.45, 7) is 1.26. The number of ether oxygens (including phenoxy) is 2. The lowest BCUT2D eigenvalue weighted by Gasteiger charge is -2.26. The van der Waals surface area contributed by atoms with Gasteiger partial charge in [0.25, 0.3) is 0 Å². The van der Waals surface area contributed by atoms with E-state index in [1.807, 2.05) is 0 Å². The summed E-state index contributed by atoms with van der Waals surface area (Å²) in [6.07, 6.45) is -4.88. The second-order valence-electron chi connectivity index (χ2n) is 5.00. The molecule has 0 atom stereocenters. The third-order valence-corrected chi connectivity index (χ3v) is 3.33. The van der Waals surface area contributed by atoms with Crippen LogP contribution in [0.2, 0.25) is 0 Å². The summed E-state index contributed by atoms with van der Waals surface area (Å²) in [6, 6.07) is 3.97. The molecular formula is C13H12F3N5O4. The molecule has 1 saturated heterocycles. The second-order valence-corrected chi connectivity index (χ2v) is 5.00. The summed E-state index contributed by atoms with van der Waals surface area (Å²) in [5.74, 6) is -0.538. The lowest BCUT2D eigenvalue weighted by Crippen LogP contribution is -2.45. The number of tetrazole rings is 1. The normalized spacial score (nSPS) is 15.2. The molecule has 0 bridgehead atoms. The molecule has 1 fully saturated rings. The van der Waals surface area contributed by atoms with Crippen LogP contribution in [0, 0.1) is 0 Å². The van der Waals surface area contributed by atoms with Crippen molar-refractivity contribution < 1.29 is 27.4 Å². The minimum atomic E-state index is -4.88. The van der Waals surface area contributed by atoms with E-state index < -0.39 is 23.8 Å². The molecule has 1 aliphatic rings. The molecule has 0 radical (unpaired) electrons. The average Bonchev–Trinajstić information content (AvgIpc) is 2.95. The molecular weight excluding hydrogens is 347 g/mol. The molecule has 1 aromatic carbocycles. The first-order valence-corrected chi connectivity index (χ1v) is 7.13. The number of rotatable bonds is 2. The number of halogens is 3. The van der Waals surface area contributed by atoms with E-state index in [1.54, 1.807) is 0 Å². The fraction of sp³-hybridized carbons (Fsp3) is 0.385. The molecule has 3 rings (SSSR count). The van der Waals surface area contributed by atoms with Crippen LogP contribution in [0.4, 0.5) is 18.0 Å². The molecule has 0 unspecified atom stereocenters. The van der Waals surface area contributed by atoms with Gasteiger partial charge in [-0.3, -0.25) is 0 Å². The van der Waals surface area contributed by atoms with E-state index in [0.29, 0.717) is 31.1 Å². The van der Waals surface area contributed by atoms with Crippen LogP contribution in [-0.4, -0.2) is 63.4 Å². The molecule has 0 spiro atoms. The highest BCUT2D eigenvalue weighted by atomic mass is 19.4. The molecule has 25 heavy (non-hydrogen) atoms. The van der Waals surface area contributed by atoms with Gasteiger partial charge in [-0.05, 0) is 17.3 Å². The van der Waals surface area contributed by atoms with Crippen LogP contribution in [0.15, 0.2) is 29.1 Å². The zero-order chi connectivity index (χ0) is 18.0. The van der Waals surface area contributed by atoms with Gasteiger partial charge in [-0.15, -0.1) is 13.2 Å². The summed E-state index contributed by atoms with van der Waals surface area (Å²) in [5, 5.41) is 6.79. The second kappa shape index (κ2) is 6.55. The maximum absolute atomic E-state index is 12.5. The number of amides is 1. The molecule has 0 saturated carbocycles. The maximum Gasteiger partial charge on any atom is 0.573 e. The van der Waals surface area contributed by atoms with Gasteiger partial charge >= 0.3 is 18.1 Å². The molecule has 2 heterocycles. The van der Waals surface area contributed by atoms with Crippen LogP contribution < -0.4 is 10.4 Å². The molecule has 2 aromatic rings. The van der Waals surface area contributed by atoms with E-state index in [0.717, 1.165) is 16.8 Å². The summed E-state index contributed by atoms with van der Waals surface area (Å²) >= 11 is 0. The smallest absolute Gasteiger partial charge is 0.406 e. The van der Waals surface area contributed by atoms with Gasteiger partial charge in [0.15, 0.2) is 0 Å². The highest BCUT2D eigenvalue weighted by molar-refractivity contribution is 5.75. The molecule has 0 N–H and O–H groups in total. The molecule has 1 amide bonds.